The lowest BCUT2D eigenvalue weighted by Gasteiger charge is -2.09. The molecule has 0 atom stereocenters. The van der Waals surface area contributed by atoms with E-state index in [0.717, 1.165) is 32.2 Å². The molecule has 0 radical (unpaired) electrons. The first-order chi connectivity index (χ1) is 14.3. The van der Waals surface area contributed by atoms with Gasteiger partial charge in [-0.3, -0.25) is 4.72 Å². The fourth-order valence-electron chi connectivity index (χ4n) is 2.78. The number of nitrogens with one attached hydrogen (secondary N) is 2. The Morgan fingerprint density at radius 2 is 1.70 bits per heavy atom. The fraction of sp³-hybridized carbons (Fsp3) is 0.105. The van der Waals surface area contributed by atoms with Crippen LogP contribution in [0.15, 0.2) is 62.6 Å². The Morgan fingerprint density at radius 3 is 2.27 bits per heavy atom. The van der Waals surface area contributed by atoms with Gasteiger partial charge in [0.25, 0.3) is 10.0 Å². The van der Waals surface area contributed by atoms with Gasteiger partial charge >= 0.3 is 0 Å². The Balaban J connectivity index is 1.44. The van der Waals surface area contributed by atoms with Crippen molar-refractivity contribution in [2.45, 2.75) is 18.1 Å². The summed E-state index contributed by atoms with van der Waals surface area (Å²) in [6.07, 6.45) is 0. The maximum Gasteiger partial charge on any atom is 0.271 e. The molecule has 0 spiro atoms. The van der Waals surface area contributed by atoms with Gasteiger partial charge in [0.05, 0.1) is 9.48 Å². The molecule has 0 fully saturated rings. The molecule has 8 nitrogen and oxygen atoms in total. The van der Waals surface area contributed by atoms with E-state index >= 15 is 0 Å². The first kappa shape index (κ1) is 20.5. The lowest BCUT2D eigenvalue weighted by molar-refractivity contribution is 0.603. The predicted molar refractivity (Wildman–Crippen MR) is 121 cm³/mol. The van der Waals surface area contributed by atoms with Gasteiger partial charge in [-0.15, -0.1) is 21.5 Å². The fourth-order valence-corrected chi connectivity index (χ4v) is 5.85. The van der Waals surface area contributed by atoms with Crippen LogP contribution in [0, 0.1) is 13.8 Å². The van der Waals surface area contributed by atoms with Crippen LogP contribution in [0.5, 0.6) is 0 Å². The van der Waals surface area contributed by atoms with Crippen molar-refractivity contribution >= 4 is 54.5 Å². The van der Waals surface area contributed by atoms with Crippen LogP contribution in [0.2, 0.25) is 0 Å². The Labute approximate surface area is 186 Å². The Kier molecular flexibility index (Phi) is 5.58. The molecular formula is C19H17BrN6O2S2. The van der Waals surface area contributed by atoms with Crippen LogP contribution in [-0.4, -0.2) is 28.4 Å². The SMILES string of the molecule is Cc1cc(C)n(-c2ccc(Nc3ccc(NS(=O)(=O)c4ccc(Br)s4)cc3)nn2)n1. The van der Waals surface area contributed by atoms with Crippen LogP contribution in [0.3, 0.4) is 0 Å². The van der Waals surface area contributed by atoms with E-state index in [1.807, 2.05) is 32.0 Å². The number of nitrogens with zero attached hydrogens (tertiary/aromatic N) is 4. The molecule has 4 aromatic rings. The van der Waals surface area contributed by atoms with Gasteiger partial charge in [0.2, 0.25) is 0 Å². The first-order valence-electron chi connectivity index (χ1n) is 8.83. The summed E-state index contributed by atoms with van der Waals surface area (Å²) in [5, 5.41) is 15.9. The highest BCUT2D eigenvalue weighted by molar-refractivity contribution is 9.11. The van der Waals surface area contributed by atoms with Crippen LogP contribution in [0.1, 0.15) is 11.4 Å². The number of hydrogen-bond acceptors (Lipinski definition) is 7. The number of halogens is 1. The molecule has 0 aliphatic rings. The highest BCUT2D eigenvalue weighted by Gasteiger charge is 2.16. The van der Waals surface area contributed by atoms with Gasteiger partial charge < -0.3 is 5.32 Å². The van der Waals surface area contributed by atoms with E-state index in [0.29, 0.717) is 17.3 Å². The van der Waals surface area contributed by atoms with E-state index in [-0.39, 0.29) is 4.21 Å². The summed E-state index contributed by atoms with van der Waals surface area (Å²) < 4.78 is 30.1. The van der Waals surface area contributed by atoms with Crippen molar-refractivity contribution in [2.24, 2.45) is 0 Å². The summed E-state index contributed by atoms with van der Waals surface area (Å²) in [4.78, 5) is 0. The summed E-state index contributed by atoms with van der Waals surface area (Å²) in [7, 11) is -3.61. The lowest BCUT2D eigenvalue weighted by atomic mass is 10.3. The monoisotopic (exact) mass is 504 g/mol. The topological polar surface area (TPSA) is 102 Å². The van der Waals surface area contributed by atoms with Crippen LogP contribution in [-0.2, 0) is 10.0 Å². The van der Waals surface area contributed by atoms with E-state index in [4.69, 9.17) is 0 Å². The van der Waals surface area contributed by atoms with Crippen LogP contribution < -0.4 is 10.0 Å². The van der Waals surface area contributed by atoms with E-state index in [1.165, 1.54) is 0 Å². The highest BCUT2D eigenvalue weighted by atomic mass is 79.9. The molecule has 0 saturated carbocycles. The number of aromatic nitrogens is 4. The number of aryl methyl sites for hydroxylation is 2. The minimum atomic E-state index is -3.61. The molecule has 2 N–H and O–H groups in total. The normalized spacial score (nSPS) is 11.4. The third kappa shape index (κ3) is 4.53. The summed E-state index contributed by atoms with van der Waals surface area (Å²) in [6.45, 7) is 3.89. The number of anilines is 3. The van der Waals surface area contributed by atoms with E-state index in [2.05, 4.69) is 41.3 Å². The van der Waals surface area contributed by atoms with E-state index in [1.54, 1.807) is 41.1 Å². The van der Waals surface area contributed by atoms with Gasteiger partial charge in [0.1, 0.15) is 4.21 Å². The average molecular weight is 505 g/mol. The van der Waals surface area contributed by atoms with Crippen molar-refractivity contribution < 1.29 is 8.42 Å². The maximum absolute atomic E-state index is 12.4. The second kappa shape index (κ2) is 8.17. The quantitative estimate of drug-likeness (QED) is 0.396. The molecule has 0 aliphatic carbocycles. The zero-order valence-corrected chi connectivity index (χ0v) is 19.2. The van der Waals surface area contributed by atoms with Crippen molar-refractivity contribution in [2.75, 3.05) is 10.0 Å². The summed E-state index contributed by atoms with van der Waals surface area (Å²) in [6, 6.07) is 15.8. The molecular weight excluding hydrogens is 488 g/mol. The third-order valence-corrected chi connectivity index (χ3v) is 7.60. The van der Waals surface area contributed by atoms with Gasteiger partial charge in [-0.2, -0.15) is 5.10 Å². The molecule has 30 heavy (non-hydrogen) atoms. The molecule has 1 aromatic carbocycles. The number of sulfonamides is 1. The van der Waals surface area contributed by atoms with Gasteiger partial charge in [0, 0.05) is 17.1 Å². The molecule has 0 bridgehead atoms. The standard InChI is InChI=1S/C19H17BrN6O2S2/c1-12-11-13(2)26(24-12)18-9-8-17(22-23-18)21-14-3-5-15(6-4-14)25-30(27,28)19-10-7-16(20)29-19/h3-11,25H,1-2H3,(H,21,22). The van der Waals surface area contributed by atoms with Crippen molar-refractivity contribution in [3.63, 3.8) is 0 Å². The maximum atomic E-state index is 12.4. The zero-order chi connectivity index (χ0) is 21.3. The predicted octanol–water partition coefficient (Wildman–Crippen LogP) is 4.65. The van der Waals surface area contributed by atoms with Crippen molar-refractivity contribution in [1.29, 1.82) is 0 Å². The van der Waals surface area contributed by atoms with Crippen LogP contribution in [0.25, 0.3) is 5.82 Å². The largest absolute Gasteiger partial charge is 0.339 e. The molecule has 4 rings (SSSR count). The molecule has 11 heteroatoms. The lowest BCUT2D eigenvalue weighted by Crippen LogP contribution is -2.11. The van der Waals surface area contributed by atoms with Gasteiger partial charge in [-0.25, -0.2) is 13.1 Å². The second-order valence-electron chi connectivity index (χ2n) is 6.48. The Morgan fingerprint density at radius 1 is 0.967 bits per heavy atom. The van der Waals surface area contributed by atoms with Gasteiger partial charge in [-0.05, 0) is 84.4 Å². The number of benzene rings is 1. The summed E-state index contributed by atoms with van der Waals surface area (Å²) in [5.74, 6) is 1.20. The number of hydrogen-bond donors (Lipinski definition) is 2. The molecule has 154 valence electrons. The highest BCUT2D eigenvalue weighted by Crippen LogP contribution is 2.28. The molecule has 0 saturated heterocycles. The minimum absolute atomic E-state index is 0.245. The number of thiophene rings is 1. The van der Waals surface area contributed by atoms with Crippen molar-refractivity contribution in [1.82, 2.24) is 20.0 Å². The summed E-state index contributed by atoms with van der Waals surface area (Å²) in [5.41, 5.74) is 3.12. The molecule has 3 aromatic heterocycles. The Hall–Kier alpha value is -2.76. The molecule has 3 heterocycles. The first-order valence-corrected chi connectivity index (χ1v) is 11.9. The Bertz CT molecular complexity index is 1280. The van der Waals surface area contributed by atoms with Crippen LogP contribution in [0.4, 0.5) is 17.2 Å². The molecule has 0 aliphatic heterocycles. The van der Waals surface area contributed by atoms with E-state index < -0.39 is 10.0 Å². The smallest absolute Gasteiger partial charge is 0.271 e. The summed E-state index contributed by atoms with van der Waals surface area (Å²) >= 11 is 4.43. The molecule has 0 unspecified atom stereocenters. The van der Waals surface area contributed by atoms with Crippen molar-refractivity contribution in [3.8, 4) is 5.82 Å². The van der Waals surface area contributed by atoms with E-state index in [9.17, 15) is 8.42 Å². The number of rotatable bonds is 6. The molecule has 0 amide bonds. The van der Waals surface area contributed by atoms with Crippen molar-refractivity contribution in [3.05, 3.63) is 69.8 Å². The third-order valence-electron chi connectivity index (χ3n) is 4.10. The second-order valence-corrected chi connectivity index (χ2v) is 10.9. The zero-order valence-electron chi connectivity index (χ0n) is 16.0. The van der Waals surface area contributed by atoms with Gasteiger partial charge in [0.15, 0.2) is 11.6 Å². The van der Waals surface area contributed by atoms with Crippen LogP contribution >= 0.6 is 27.3 Å². The average Bonchev–Trinajstić information content (AvgIpc) is 3.29. The minimum Gasteiger partial charge on any atom is -0.339 e. The van der Waals surface area contributed by atoms with Gasteiger partial charge in [-0.1, -0.05) is 0 Å².